The summed E-state index contributed by atoms with van der Waals surface area (Å²) in [7, 11) is -2.26. The van der Waals surface area contributed by atoms with Gasteiger partial charge in [0.25, 0.3) is 5.91 Å². The number of amides is 2. The molecule has 0 saturated carbocycles. The third kappa shape index (κ3) is 7.99. The van der Waals surface area contributed by atoms with Crippen molar-refractivity contribution in [3.05, 3.63) is 63.6 Å². The van der Waals surface area contributed by atoms with Crippen LogP contribution in [-0.4, -0.2) is 82.3 Å². The number of anilines is 1. The van der Waals surface area contributed by atoms with E-state index in [4.69, 9.17) is 27.9 Å². The molecule has 0 aliphatic carbocycles. The first-order valence-corrected chi connectivity index (χ1v) is 13.5. The number of sulfonamides is 1. The number of aryl methyl sites for hydroxylation is 1. The number of hydrogen-bond acceptors (Lipinski definition) is 6. The van der Waals surface area contributed by atoms with Crippen molar-refractivity contribution in [1.82, 2.24) is 15.1 Å². The lowest BCUT2D eigenvalue weighted by atomic mass is 10.2. The molecule has 190 valence electrons. The number of nitrogens with zero attached hydrogens (tertiary/aromatic N) is 2. The highest BCUT2D eigenvalue weighted by Crippen LogP contribution is 2.26. The first-order chi connectivity index (χ1) is 16.7. The molecule has 2 N–H and O–H groups in total. The predicted molar refractivity (Wildman–Crippen MR) is 137 cm³/mol. The molecule has 0 atom stereocenters. The summed E-state index contributed by atoms with van der Waals surface area (Å²) in [5, 5.41) is 3.59. The van der Waals surface area contributed by atoms with E-state index >= 15 is 0 Å². The molecule has 0 bridgehead atoms. The van der Waals surface area contributed by atoms with Gasteiger partial charge in [0.2, 0.25) is 10.0 Å². The summed E-state index contributed by atoms with van der Waals surface area (Å²) in [5.41, 5.74) is 1.44. The van der Waals surface area contributed by atoms with Crippen molar-refractivity contribution in [3.8, 4) is 0 Å². The Balaban J connectivity index is 1.43. The highest BCUT2D eigenvalue weighted by molar-refractivity contribution is 7.92. The third-order valence-corrected chi connectivity index (χ3v) is 7.76. The second-order valence-corrected chi connectivity index (χ2v) is 10.6. The molecule has 1 heterocycles. The van der Waals surface area contributed by atoms with Crippen LogP contribution in [0.1, 0.15) is 15.9 Å². The Bertz CT molecular complexity index is 1140. The van der Waals surface area contributed by atoms with Crippen molar-refractivity contribution in [1.29, 1.82) is 0 Å². The SMILES string of the molecule is COC(=O)N1CCN(CCNC(=O)c2ccc(NS(=O)(=O)CCc3cccc(Cl)c3Cl)cc2)CC1. The molecule has 3 rings (SSSR count). The van der Waals surface area contributed by atoms with Gasteiger partial charge in [-0.15, -0.1) is 0 Å². The van der Waals surface area contributed by atoms with Crippen LogP contribution < -0.4 is 10.0 Å². The third-order valence-electron chi connectivity index (χ3n) is 5.61. The molecule has 12 heteroatoms. The Hall–Kier alpha value is -2.53. The Morgan fingerprint density at radius 2 is 1.71 bits per heavy atom. The van der Waals surface area contributed by atoms with Crippen LogP contribution in [0.3, 0.4) is 0 Å². The number of hydrogen-bond donors (Lipinski definition) is 2. The highest BCUT2D eigenvalue weighted by Gasteiger charge is 2.21. The summed E-state index contributed by atoms with van der Waals surface area (Å²) in [6.07, 6.45) is -0.110. The summed E-state index contributed by atoms with van der Waals surface area (Å²) in [6.45, 7) is 3.72. The number of carbonyl (C=O) groups is 2. The monoisotopic (exact) mass is 542 g/mol. The van der Waals surface area contributed by atoms with Gasteiger partial charge in [-0.1, -0.05) is 35.3 Å². The molecule has 1 fully saturated rings. The average Bonchev–Trinajstić information content (AvgIpc) is 2.85. The summed E-state index contributed by atoms with van der Waals surface area (Å²) in [6, 6.07) is 11.3. The average molecular weight is 543 g/mol. The van der Waals surface area contributed by atoms with Gasteiger partial charge in [0.15, 0.2) is 0 Å². The Morgan fingerprint density at radius 1 is 1.03 bits per heavy atom. The van der Waals surface area contributed by atoms with E-state index in [1.807, 2.05) is 0 Å². The maximum Gasteiger partial charge on any atom is 0.409 e. The quantitative estimate of drug-likeness (QED) is 0.504. The van der Waals surface area contributed by atoms with Crippen LogP contribution >= 0.6 is 23.2 Å². The normalized spacial score (nSPS) is 14.4. The molecule has 1 aliphatic rings. The van der Waals surface area contributed by atoms with Crippen molar-refractivity contribution in [2.45, 2.75) is 6.42 Å². The van der Waals surface area contributed by atoms with Gasteiger partial charge < -0.3 is 15.0 Å². The Morgan fingerprint density at radius 3 is 2.37 bits per heavy atom. The van der Waals surface area contributed by atoms with Crippen LogP contribution in [-0.2, 0) is 21.2 Å². The summed E-state index contributed by atoms with van der Waals surface area (Å²) < 4.78 is 32.1. The van der Waals surface area contributed by atoms with Gasteiger partial charge in [-0.25, -0.2) is 13.2 Å². The Kier molecular flexibility index (Phi) is 9.62. The number of ether oxygens (including phenoxy) is 1. The molecule has 2 aromatic rings. The van der Waals surface area contributed by atoms with Crippen LogP contribution in [0.4, 0.5) is 10.5 Å². The number of benzene rings is 2. The molecule has 0 spiro atoms. The van der Waals surface area contributed by atoms with Crippen molar-refractivity contribution < 1.29 is 22.7 Å². The number of nitrogens with one attached hydrogen (secondary N) is 2. The van der Waals surface area contributed by atoms with Gasteiger partial charge in [-0.05, 0) is 42.3 Å². The Labute approximate surface area is 215 Å². The fourth-order valence-electron chi connectivity index (χ4n) is 3.62. The van der Waals surface area contributed by atoms with E-state index in [1.54, 1.807) is 47.4 Å². The van der Waals surface area contributed by atoms with E-state index in [0.29, 0.717) is 66.1 Å². The van der Waals surface area contributed by atoms with E-state index in [-0.39, 0.29) is 24.2 Å². The van der Waals surface area contributed by atoms with Crippen LogP contribution in [0.5, 0.6) is 0 Å². The smallest absolute Gasteiger partial charge is 0.409 e. The van der Waals surface area contributed by atoms with Gasteiger partial charge in [-0.3, -0.25) is 14.4 Å². The van der Waals surface area contributed by atoms with Gasteiger partial charge in [0, 0.05) is 50.5 Å². The van der Waals surface area contributed by atoms with Crippen molar-refractivity contribution in [3.63, 3.8) is 0 Å². The van der Waals surface area contributed by atoms with Gasteiger partial charge >= 0.3 is 6.09 Å². The first-order valence-electron chi connectivity index (χ1n) is 11.1. The van der Waals surface area contributed by atoms with Crippen LogP contribution in [0.25, 0.3) is 0 Å². The number of halogens is 2. The lowest BCUT2D eigenvalue weighted by Crippen LogP contribution is -2.50. The summed E-state index contributed by atoms with van der Waals surface area (Å²) in [4.78, 5) is 27.8. The minimum Gasteiger partial charge on any atom is -0.453 e. The lowest BCUT2D eigenvalue weighted by Gasteiger charge is -2.33. The van der Waals surface area contributed by atoms with Crippen molar-refractivity contribution >= 4 is 50.9 Å². The van der Waals surface area contributed by atoms with E-state index in [2.05, 4.69) is 14.9 Å². The minimum absolute atomic E-state index is 0.164. The molecule has 2 aromatic carbocycles. The zero-order valence-corrected chi connectivity index (χ0v) is 21.6. The molecule has 9 nitrogen and oxygen atoms in total. The zero-order valence-electron chi connectivity index (χ0n) is 19.3. The number of carbonyl (C=O) groups excluding carboxylic acids is 2. The topological polar surface area (TPSA) is 108 Å². The van der Waals surface area contributed by atoms with Gasteiger partial charge in [0.05, 0.1) is 22.9 Å². The number of methoxy groups -OCH3 is 1. The first kappa shape index (κ1) is 27.1. The minimum atomic E-state index is -3.62. The summed E-state index contributed by atoms with van der Waals surface area (Å²) >= 11 is 12.1. The van der Waals surface area contributed by atoms with Crippen LogP contribution in [0, 0.1) is 0 Å². The zero-order chi connectivity index (χ0) is 25.4. The molecule has 0 radical (unpaired) electrons. The van der Waals surface area contributed by atoms with E-state index in [1.165, 1.54) is 7.11 Å². The fourth-order valence-corrected chi connectivity index (χ4v) is 5.12. The van der Waals surface area contributed by atoms with Crippen LogP contribution in [0.2, 0.25) is 10.0 Å². The molecule has 35 heavy (non-hydrogen) atoms. The maximum atomic E-state index is 12.5. The molecule has 2 amide bonds. The lowest BCUT2D eigenvalue weighted by molar-refractivity contribution is 0.0885. The molecular formula is C23H28Cl2N4O5S. The predicted octanol–water partition coefficient (Wildman–Crippen LogP) is 3.09. The molecular weight excluding hydrogens is 515 g/mol. The highest BCUT2D eigenvalue weighted by atomic mass is 35.5. The number of rotatable bonds is 9. The molecule has 1 saturated heterocycles. The van der Waals surface area contributed by atoms with Crippen molar-refractivity contribution in [2.24, 2.45) is 0 Å². The van der Waals surface area contributed by atoms with Crippen LogP contribution in [0.15, 0.2) is 42.5 Å². The second-order valence-electron chi connectivity index (χ2n) is 8.02. The molecule has 1 aliphatic heterocycles. The largest absolute Gasteiger partial charge is 0.453 e. The number of piperazine rings is 1. The molecule has 0 unspecified atom stereocenters. The van der Waals surface area contributed by atoms with Crippen molar-refractivity contribution in [2.75, 3.05) is 56.9 Å². The van der Waals surface area contributed by atoms with E-state index in [9.17, 15) is 18.0 Å². The van der Waals surface area contributed by atoms with E-state index < -0.39 is 10.0 Å². The maximum absolute atomic E-state index is 12.5. The standard InChI is InChI=1S/C23H28Cl2N4O5S/c1-34-23(31)29-14-12-28(13-15-29)11-10-26-22(30)18-5-7-19(8-6-18)27-35(32,33)16-9-17-3-2-4-20(24)21(17)25/h2-8,27H,9-16H2,1H3,(H,26,30). The fraction of sp³-hybridized carbons (Fsp3) is 0.391. The molecule has 0 aromatic heterocycles. The van der Waals surface area contributed by atoms with E-state index in [0.717, 1.165) is 0 Å². The second kappa shape index (κ2) is 12.4. The van der Waals surface area contributed by atoms with Gasteiger partial charge in [0.1, 0.15) is 0 Å². The van der Waals surface area contributed by atoms with Gasteiger partial charge in [-0.2, -0.15) is 0 Å². The summed E-state index contributed by atoms with van der Waals surface area (Å²) in [5.74, 6) is -0.411.